The fraction of sp³-hybridized carbons (Fsp3) is 0.193. The molecule has 0 fully saturated rings. The molecule has 9 rings (SSSR count). The fourth-order valence-corrected chi connectivity index (χ4v) is 7.53. The molecule has 288 valence electrons. The molecule has 0 bridgehead atoms. The minimum absolute atomic E-state index is 1.25. The van der Waals surface area contributed by atoms with E-state index in [0.29, 0.717) is 0 Å². The third-order valence-corrected chi connectivity index (χ3v) is 10.2. The minimum atomic E-state index is 1.25. The van der Waals surface area contributed by atoms with E-state index in [4.69, 9.17) is 0 Å². The molecule has 0 unspecified atom stereocenters. The molecule has 0 atom stereocenters. The topological polar surface area (TPSA) is 0 Å². The summed E-state index contributed by atoms with van der Waals surface area (Å²) in [6, 6.07) is 61.1. The van der Waals surface area contributed by atoms with Gasteiger partial charge in [0.25, 0.3) is 0 Å². The van der Waals surface area contributed by atoms with E-state index in [1.54, 1.807) is 0 Å². The Morgan fingerprint density at radius 3 is 1.46 bits per heavy atom. The van der Waals surface area contributed by atoms with Gasteiger partial charge in [0.15, 0.2) is 0 Å². The van der Waals surface area contributed by atoms with Gasteiger partial charge in [-0.2, -0.15) is 0 Å². The Hall–Kier alpha value is -5.98. The van der Waals surface area contributed by atoms with Crippen LogP contribution in [0.5, 0.6) is 0 Å². The highest BCUT2D eigenvalue weighted by Crippen LogP contribution is 2.43. The molecule has 57 heavy (non-hydrogen) atoms. The first-order chi connectivity index (χ1) is 27.7. The molecular formula is C57H60. The zero-order valence-electron chi connectivity index (χ0n) is 35.9. The normalized spacial score (nSPS) is 10.4. The first kappa shape index (κ1) is 42.2. The van der Waals surface area contributed by atoms with Gasteiger partial charge in [-0.15, -0.1) is 0 Å². The van der Waals surface area contributed by atoms with E-state index in [1.165, 1.54) is 105 Å². The maximum Gasteiger partial charge on any atom is -0.00203 e. The SMILES string of the molecule is CC.CCC.Cc1ccccc1.Cc1ccccc1.Cc1ccccc1-c1cc(-c2cc(C)c3c(c2)c2ccc4ccccc4c2c2cccc(C)c23)ccc1C. The molecule has 0 aliphatic heterocycles. The molecule has 0 aromatic heterocycles. The van der Waals surface area contributed by atoms with Crippen molar-refractivity contribution in [3.8, 4) is 22.3 Å². The minimum Gasteiger partial charge on any atom is -0.0683 e. The number of rotatable bonds is 2. The summed E-state index contributed by atoms with van der Waals surface area (Å²) in [6.07, 6.45) is 1.25. The summed E-state index contributed by atoms with van der Waals surface area (Å²) in [5.74, 6) is 0. The van der Waals surface area contributed by atoms with Gasteiger partial charge in [-0.3, -0.25) is 0 Å². The van der Waals surface area contributed by atoms with E-state index in [0.717, 1.165) is 0 Å². The summed E-state index contributed by atoms with van der Waals surface area (Å²) in [7, 11) is 0. The van der Waals surface area contributed by atoms with Gasteiger partial charge in [0.05, 0.1) is 0 Å². The maximum absolute atomic E-state index is 2.43. The van der Waals surface area contributed by atoms with E-state index in [2.05, 4.69) is 189 Å². The Balaban J connectivity index is 0.000000270. The van der Waals surface area contributed by atoms with Gasteiger partial charge >= 0.3 is 0 Å². The third kappa shape index (κ3) is 9.89. The van der Waals surface area contributed by atoms with Crippen molar-refractivity contribution >= 4 is 43.1 Å². The van der Waals surface area contributed by atoms with Crippen LogP contribution in [0.25, 0.3) is 65.3 Å². The molecule has 0 aliphatic rings. The summed E-state index contributed by atoms with van der Waals surface area (Å²) >= 11 is 0. The molecule has 0 saturated carbocycles. The van der Waals surface area contributed by atoms with Gasteiger partial charge in [-0.05, 0) is 141 Å². The van der Waals surface area contributed by atoms with Gasteiger partial charge in [0.2, 0.25) is 0 Å². The van der Waals surface area contributed by atoms with Gasteiger partial charge in [0.1, 0.15) is 0 Å². The Morgan fingerprint density at radius 1 is 0.316 bits per heavy atom. The van der Waals surface area contributed by atoms with Crippen molar-refractivity contribution in [2.45, 2.75) is 75.7 Å². The first-order valence-electron chi connectivity index (χ1n) is 20.7. The number of hydrogen-bond acceptors (Lipinski definition) is 0. The van der Waals surface area contributed by atoms with Crippen LogP contribution in [0.15, 0.2) is 170 Å². The summed E-state index contributed by atoms with van der Waals surface area (Å²) in [5, 5.41) is 10.7. The lowest BCUT2D eigenvalue weighted by Crippen LogP contribution is -1.92. The van der Waals surface area contributed by atoms with Crippen molar-refractivity contribution in [1.29, 1.82) is 0 Å². The number of benzene rings is 9. The monoisotopic (exact) mass is 744 g/mol. The molecule has 0 heteroatoms. The highest BCUT2D eigenvalue weighted by atomic mass is 14.2. The Bertz CT molecular complexity index is 2640. The molecule has 0 nitrogen and oxygen atoms in total. The fourth-order valence-electron chi connectivity index (χ4n) is 7.53. The average molecular weight is 745 g/mol. The van der Waals surface area contributed by atoms with Crippen molar-refractivity contribution < 1.29 is 0 Å². The van der Waals surface area contributed by atoms with Crippen LogP contribution in [0.4, 0.5) is 0 Å². The van der Waals surface area contributed by atoms with E-state index >= 15 is 0 Å². The third-order valence-electron chi connectivity index (χ3n) is 10.2. The largest absolute Gasteiger partial charge is 0.0683 e. The van der Waals surface area contributed by atoms with E-state index in [9.17, 15) is 0 Å². The zero-order chi connectivity index (χ0) is 40.9. The van der Waals surface area contributed by atoms with E-state index < -0.39 is 0 Å². The van der Waals surface area contributed by atoms with Crippen molar-refractivity contribution in [2.24, 2.45) is 0 Å². The van der Waals surface area contributed by atoms with Gasteiger partial charge in [-0.25, -0.2) is 0 Å². The van der Waals surface area contributed by atoms with Gasteiger partial charge < -0.3 is 0 Å². The van der Waals surface area contributed by atoms with Crippen LogP contribution >= 0.6 is 0 Å². The number of hydrogen-bond donors (Lipinski definition) is 0. The molecule has 0 heterocycles. The summed E-state index contributed by atoms with van der Waals surface area (Å²) < 4.78 is 0. The maximum atomic E-state index is 2.43. The first-order valence-corrected chi connectivity index (χ1v) is 20.7. The smallest absolute Gasteiger partial charge is 0.00203 e. The second-order valence-corrected chi connectivity index (χ2v) is 14.8. The van der Waals surface area contributed by atoms with Crippen molar-refractivity contribution in [1.82, 2.24) is 0 Å². The number of aryl methyl sites for hydroxylation is 6. The number of fused-ring (bicyclic) bond motifs is 8. The highest BCUT2D eigenvalue weighted by Gasteiger charge is 2.16. The molecule has 0 spiro atoms. The Labute approximate surface area is 342 Å². The molecule has 9 aromatic carbocycles. The predicted molar refractivity (Wildman–Crippen MR) is 256 cm³/mol. The Morgan fingerprint density at radius 2 is 0.842 bits per heavy atom. The predicted octanol–water partition coefficient (Wildman–Crippen LogP) is 17.3. The van der Waals surface area contributed by atoms with Crippen LogP contribution in [0.3, 0.4) is 0 Å². The van der Waals surface area contributed by atoms with E-state index in [-0.39, 0.29) is 0 Å². The molecule has 0 saturated heterocycles. The zero-order valence-corrected chi connectivity index (χ0v) is 35.9. The van der Waals surface area contributed by atoms with Gasteiger partial charge in [0, 0.05) is 0 Å². The van der Waals surface area contributed by atoms with Crippen LogP contribution in [0.1, 0.15) is 67.5 Å². The molecule has 0 radical (unpaired) electrons. The second-order valence-electron chi connectivity index (χ2n) is 14.8. The van der Waals surface area contributed by atoms with Crippen molar-refractivity contribution in [2.75, 3.05) is 0 Å². The molecule has 9 aromatic rings. The van der Waals surface area contributed by atoms with Crippen molar-refractivity contribution in [3.63, 3.8) is 0 Å². The standard InChI is InChI=1S/C38H30.2C7H8.C3H8.C2H6/c1-23-10-5-7-13-30(23)34-21-28(17-16-24(34)2)29-20-26(4)37-35(22-29)32-19-18-27-12-6-8-14-31(27)38(32)33-15-9-11-25(3)36(33)37;2*1-7-5-3-2-4-6-7;1-3-2;1-2/h5-22H,1-4H3;2*2-6H,1H3;3H2,1-2H3;1-2H3. The lowest BCUT2D eigenvalue weighted by molar-refractivity contribution is 1.09. The van der Waals surface area contributed by atoms with E-state index in [1.807, 2.05) is 50.2 Å². The lowest BCUT2D eigenvalue weighted by Gasteiger charge is -2.18. The highest BCUT2D eigenvalue weighted by molar-refractivity contribution is 6.32. The van der Waals surface area contributed by atoms with Crippen LogP contribution < -0.4 is 0 Å². The van der Waals surface area contributed by atoms with Crippen LogP contribution in [0, 0.1) is 41.5 Å². The average Bonchev–Trinajstić information content (AvgIpc) is 3.23. The quantitative estimate of drug-likeness (QED) is 0.155. The van der Waals surface area contributed by atoms with Crippen LogP contribution in [-0.2, 0) is 0 Å². The summed E-state index contributed by atoms with van der Waals surface area (Å²) in [6.45, 7) is 21.4. The Kier molecular flexibility index (Phi) is 15.0. The lowest BCUT2D eigenvalue weighted by atomic mass is 9.85. The molecular weight excluding hydrogens is 685 g/mol. The summed E-state index contributed by atoms with van der Waals surface area (Å²) in [5.41, 5.74) is 13.1. The molecule has 0 amide bonds. The second kappa shape index (κ2) is 20.3. The van der Waals surface area contributed by atoms with Crippen molar-refractivity contribution in [3.05, 3.63) is 203 Å². The van der Waals surface area contributed by atoms with Crippen LogP contribution in [-0.4, -0.2) is 0 Å². The van der Waals surface area contributed by atoms with Crippen LogP contribution in [0.2, 0.25) is 0 Å². The summed E-state index contributed by atoms with van der Waals surface area (Å²) in [4.78, 5) is 0. The molecule has 0 N–H and O–H groups in total. The van der Waals surface area contributed by atoms with Gasteiger partial charge in [-0.1, -0.05) is 203 Å². The molecule has 0 aliphatic carbocycles.